The Morgan fingerprint density at radius 1 is 1.33 bits per heavy atom. The van der Waals surface area contributed by atoms with Crippen molar-refractivity contribution in [1.82, 2.24) is 0 Å². The second-order valence-electron chi connectivity index (χ2n) is 2.89. The Bertz CT molecular complexity index is 282. The van der Waals surface area contributed by atoms with Gasteiger partial charge in [0.2, 0.25) is 0 Å². The van der Waals surface area contributed by atoms with E-state index in [0.717, 1.165) is 28.3 Å². The first-order chi connectivity index (χ1) is 5.69. The van der Waals surface area contributed by atoms with Crippen LogP contribution in [0, 0.1) is 13.8 Å². The third kappa shape index (κ3) is 1.75. The van der Waals surface area contributed by atoms with Gasteiger partial charge in [-0.2, -0.15) is 0 Å². The van der Waals surface area contributed by atoms with Crippen LogP contribution in [0.4, 0.5) is 0 Å². The van der Waals surface area contributed by atoms with Crippen LogP contribution in [0.1, 0.15) is 27.0 Å². The zero-order valence-corrected chi connectivity index (χ0v) is 8.81. The monoisotopic (exact) mass is 226 g/mol. The summed E-state index contributed by atoms with van der Waals surface area (Å²) in [6, 6.07) is 4.07. The van der Waals surface area contributed by atoms with Crippen molar-refractivity contribution >= 4 is 22.2 Å². The first-order valence-corrected chi connectivity index (χ1v) is 4.92. The van der Waals surface area contributed by atoms with Gasteiger partial charge in [-0.1, -0.05) is 28.1 Å². The summed E-state index contributed by atoms with van der Waals surface area (Å²) in [6.45, 7) is 3.92. The van der Waals surface area contributed by atoms with E-state index in [9.17, 15) is 4.79 Å². The Morgan fingerprint density at radius 3 is 2.17 bits per heavy atom. The number of hydrogen-bond acceptors (Lipinski definition) is 1. The van der Waals surface area contributed by atoms with Gasteiger partial charge in [-0.05, 0) is 30.5 Å². The highest BCUT2D eigenvalue weighted by atomic mass is 79.9. The summed E-state index contributed by atoms with van der Waals surface area (Å²) in [6.07, 6.45) is 0.919. The molecule has 0 aliphatic rings. The molecule has 0 saturated carbocycles. The molecule has 0 aliphatic carbocycles. The Labute approximate surface area is 80.9 Å². The van der Waals surface area contributed by atoms with E-state index in [2.05, 4.69) is 15.9 Å². The number of alkyl halides is 1. The largest absolute Gasteiger partial charge is 0.298 e. The normalized spacial score (nSPS) is 9.92. The summed E-state index contributed by atoms with van der Waals surface area (Å²) in [5, 5.41) is 0.841. The number of aldehydes is 1. The molecule has 0 N–H and O–H groups in total. The van der Waals surface area contributed by atoms with Crippen LogP contribution in [0.5, 0.6) is 0 Å². The molecular weight excluding hydrogens is 216 g/mol. The van der Waals surface area contributed by atoms with E-state index in [1.807, 2.05) is 26.0 Å². The molecule has 0 saturated heterocycles. The average Bonchev–Trinajstić information content (AvgIpc) is 2.03. The van der Waals surface area contributed by atoms with Crippen molar-refractivity contribution in [3.05, 3.63) is 34.4 Å². The smallest absolute Gasteiger partial charge is 0.150 e. The van der Waals surface area contributed by atoms with E-state index in [0.29, 0.717) is 0 Å². The third-order valence-electron chi connectivity index (χ3n) is 1.93. The first-order valence-electron chi connectivity index (χ1n) is 3.80. The topological polar surface area (TPSA) is 17.1 Å². The van der Waals surface area contributed by atoms with Crippen LogP contribution in [0.15, 0.2) is 12.1 Å². The van der Waals surface area contributed by atoms with Gasteiger partial charge in [0, 0.05) is 10.9 Å². The van der Waals surface area contributed by atoms with Gasteiger partial charge >= 0.3 is 0 Å². The minimum Gasteiger partial charge on any atom is -0.298 e. The highest BCUT2D eigenvalue weighted by Crippen LogP contribution is 2.16. The Kier molecular flexibility index (Phi) is 3.04. The van der Waals surface area contributed by atoms with Gasteiger partial charge < -0.3 is 0 Å². The molecule has 0 spiro atoms. The van der Waals surface area contributed by atoms with Gasteiger partial charge in [0.25, 0.3) is 0 Å². The number of rotatable bonds is 2. The van der Waals surface area contributed by atoms with Gasteiger partial charge in [0.15, 0.2) is 6.29 Å². The Hall–Kier alpha value is -0.630. The van der Waals surface area contributed by atoms with E-state index >= 15 is 0 Å². The summed E-state index contributed by atoms with van der Waals surface area (Å²) >= 11 is 3.38. The average molecular weight is 227 g/mol. The first kappa shape index (κ1) is 9.46. The molecule has 0 radical (unpaired) electrons. The standard InChI is InChI=1S/C10H11BrO/c1-7-3-9(5-11)4-8(2)10(7)6-12/h3-4,6H,5H2,1-2H3. The predicted molar refractivity (Wildman–Crippen MR) is 53.9 cm³/mol. The maximum absolute atomic E-state index is 10.6. The minimum atomic E-state index is 0.819. The second-order valence-corrected chi connectivity index (χ2v) is 3.46. The molecular formula is C10H11BrO. The minimum absolute atomic E-state index is 0.819. The summed E-state index contributed by atoms with van der Waals surface area (Å²) in [7, 11) is 0. The van der Waals surface area contributed by atoms with Gasteiger partial charge in [-0.3, -0.25) is 4.79 Å². The number of aryl methyl sites for hydroxylation is 2. The molecule has 0 fully saturated rings. The molecule has 2 heteroatoms. The lowest BCUT2D eigenvalue weighted by atomic mass is 10.0. The van der Waals surface area contributed by atoms with Crippen LogP contribution < -0.4 is 0 Å². The van der Waals surface area contributed by atoms with E-state index in [1.165, 1.54) is 5.56 Å². The maximum atomic E-state index is 10.6. The Morgan fingerprint density at radius 2 is 1.83 bits per heavy atom. The van der Waals surface area contributed by atoms with Crippen LogP contribution in [0.2, 0.25) is 0 Å². The van der Waals surface area contributed by atoms with E-state index < -0.39 is 0 Å². The number of carbonyl (C=O) groups excluding carboxylic acids is 1. The summed E-state index contributed by atoms with van der Waals surface area (Å²) in [5.74, 6) is 0. The molecule has 0 atom stereocenters. The van der Waals surface area contributed by atoms with Crippen molar-refractivity contribution < 1.29 is 4.79 Å². The van der Waals surface area contributed by atoms with Crippen molar-refractivity contribution in [3.8, 4) is 0 Å². The lowest BCUT2D eigenvalue weighted by molar-refractivity contribution is 0.112. The fraction of sp³-hybridized carbons (Fsp3) is 0.300. The van der Waals surface area contributed by atoms with Gasteiger partial charge in [0.1, 0.15) is 0 Å². The number of halogens is 1. The molecule has 0 amide bonds. The van der Waals surface area contributed by atoms with E-state index in [1.54, 1.807) is 0 Å². The molecule has 64 valence electrons. The lowest BCUT2D eigenvalue weighted by Gasteiger charge is -2.05. The number of hydrogen-bond donors (Lipinski definition) is 0. The molecule has 1 aromatic carbocycles. The zero-order valence-electron chi connectivity index (χ0n) is 7.23. The van der Waals surface area contributed by atoms with Crippen LogP contribution >= 0.6 is 15.9 Å². The van der Waals surface area contributed by atoms with Crippen LogP contribution in [-0.4, -0.2) is 6.29 Å². The molecule has 0 unspecified atom stereocenters. The summed E-state index contributed by atoms with van der Waals surface area (Å²) in [4.78, 5) is 10.6. The van der Waals surface area contributed by atoms with Gasteiger partial charge in [-0.15, -0.1) is 0 Å². The quantitative estimate of drug-likeness (QED) is 0.560. The van der Waals surface area contributed by atoms with E-state index in [-0.39, 0.29) is 0 Å². The van der Waals surface area contributed by atoms with Crippen molar-refractivity contribution in [1.29, 1.82) is 0 Å². The van der Waals surface area contributed by atoms with Crippen LogP contribution in [0.25, 0.3) is 0 Å². The molecule has 0 aliphatic heterocycles. The highest BCUT2D eigenvalue weighted by Gasteiger charge is 2.02. The van der Waals surface area contributed by atoms with Gasteiger partial charge in [-0.25, -0.2) is 0 Å². The van der Waals surface area contributed by atoms with Crippen LogP contribution in [-0.2, 0) is 5.33 Å². The number of benzene rings is 1. The number of carbonyl (C=O) groups is 1. The van der Waals surface area contributed by atoms with Crippen molar-refractivity contribution in [2.24, 2.45) is 0 Å². The Balaban J connectivity index is 3.27. The molecule has 1 aromatic rings. The molecule has 0 aromatic heterocycles. The van der Waals surface area contributed by atoms with Crippen molar-refractivity contribution in [3.63, 3.8) is 0 Å². The molecule has 1 nitrogen and oxygen atoms in total. The fourth-order valence-corrected chi connectivity index (χ4v) is 1.65. The second kappa shape index (κ2) is 3.85. The highest BCUT2D eigenvalue weighted by molar-refractivity contribution is 9.08. The summed E-state index contributed by atoms with van der Waals surface area (Å²) in [5.41, 5.74) is 4.15. The summed E-state index contributed by atoms with van der Waals surface area (Å²) < 4.78 is 0. The fourth-order valence-electron chi connectivity index (χ4n) is 1.33. The predicted octanol–water partition coefficient (Wildman–Crippen LogP) is 3.01. The molecule has 0 bridgehead atoms. The zero-order chi connectivity index (χ0) is 9.14. The van der Waals surface area contributed by atoms with Gasteiger partial charge in [0.05, 0.1) is 0 Å². The van der Waals surface area contributed by atoms with Crippen LogP contribution in [0.3, 0.4) is 0 Å². The maximum Gasteiger partial charge on any atom is 0.150 e. The van der Waals surface area contributed by atoms with Crippen molar-refractivity contribution in [2.45, 2.75) is 19.2 Å². The van der Waals surface area contributed by atoms with Crippen molar-refractivity contribution in [2.75, 3.05) is 0 Å². The molecule has 12 heavy (non-hydrogen) atoms. The van der Waals surface area contributed by atoms with E-state index in [4.69, 9.17) is 0 Å². The molecule has 1 rings (SSSR count). The third-order valence-corrected chi connectivity index (χ3v) is 2.57. The lowest BCUT2D eigenvalue weighted by Crippen LogP contribution is -1.93. The molecule has 0 heterocycles. The SMILES string of the molecule is Cc1cc(CBr)cc(C)c1C=O.